The molecule has 2 heterocycles. The van der Waals surface area contributed by atoms with Crippen molar-refractivity contribution < 1.29 is 13.9 Å². The zero-order valence-electron chi connectivity index (χ0n) is 14.9. The van der Waals surface area contributed by atoms with Gasteiger partial charge >= 0.3 is 0 Å². The highest BCUT2D eigenvalue weighted by Gasteiger charge is 2.34. The van der Waals surface area contributed by atoms with Crippen molar-refractivity contribution in [3.05, 3.63) is 35.6 Å². The Labute approximate surface area is 149 Å². The fourth-order valence-electron chi connectivity index (χ4n) is 3.84. The molecule has 3 rings (SSSR count). The number of rotatable bonds is 5. The van der Waals surface area contributed by atoms with Crippen LogP contribution in [-0.4, -0.2) is 68.7 Å². The van der Waals surface area contributed by atoms with Crippen LogP contribution >= 0.6 is 0 Å². The number of nitrogens with zero attached hydrogens (tertiary/aromatic N) is 2. The Morgan fingerprint density at radius 3 is 2.64 bits per heavy atom. The molecule has 0 aliphatic carbocycles. The number of halogens is 1. The molecule has 0 radical (unpaired) electrons. The van der Waals surface area contributed by atoms with E-state index < -0.39 is 6.04 Å². The summed E-state index contributed by atoms with van der Waals surface area (Å²) in [6.45, 7) is 5.18. The lowest BCUT2D eigenvalue weighted by Gasteiger charge is -2.39. The van der Waals surface area contributed by atoms with Crippen LogP contribution in [0, 0.1) is 11.7 Å². The van der Waals surface area contributed by atoms with E-state index in [1.807, 2.05) is 18.0 Å². The lowest BCUT2D eigenvalue weighted by molar-refractivity contribution is -0.140. The summed E-state index contributed by atoms with van der Waals surface area (Å²) in [6.07, 6.45) is 2.04. The van der Waals surface area contributed by atoms with Crippen LogP contribution < -0.4 is 5.32 Å². The molecule has 1 atom stereocenters. The summed E-state index contributed by atoms with van der Waals surface area (Å²) in [5.74, 6) is 0.428. The van der Waals surface area contributed by atoms with Crippen LogP contribution in [-0.2, 0) is 9.53 Å². The van der Waals surface area contributed by atoms with Gasteiger partial charge in [0.05, 0.1) is 13.2 Å². The first-order valence-electron chi connectivity index (χ1n) is 9.19. The smallest absolute Gasteiger partial charge is 0.244 e. The number of benzene rings is 1. The van der Waals surface area contributed by atoms with Crippen LogP contribution in [0.1, 0.15) is 24.4 Å². The standard InChI is InChI=1S/C19H28FN3O2/c1-21-14-15-5-7-23(8-6-15)19(24)18(22-9-11-25-12-10-22)16-3-2-4-17(20)13-16/h2-4,13,15,18,21H,5-12,14H2,1H3. The first-order valence-corrected chi connectivity index (χ1v) is 9.19. The van der Waals surface area contributed by atoms with Gasteiger partial charge in [0.2, 0.25) is 5.91 Å². The van der Waals surface area contributed by atoms with Crippen LogP contribution in [0.25, 0.3) is 0 Å². The van der Waals surface area contributed by atoms with E-state index in [9.17, 15) is 9.18 Å². The van der Waals surface area contributed by atoms with Crippen LogP contribution in [0.3, 0.4) is 0 Å². The molecular formula is C19H28FN3O2. The zero-order valence-corrected chi connectivity index (χ0v) is 14.9. The van der Waals surface area contributed by atoms with Crippen molar-refractivity contribution in [1.82, 2.24) is 15.1 Å². The van der Waals surface area contributed by atoms with E-state index >= 15 is 0 Å². The van der Waals surface area contributed by atoms with Crippen molar-refractivity contribution in [3.8, 4) is 0 Å². The van der Waals surface area contributed by atoms with Crippen molar-refractivity contribution in [3.63, 3.8) is 0 Å². The largest absolute Gasteiger partial charge is 0.379 e. The van der Waals surface area contributed by atoms with Gasteiger partial charge in [-0.1, -0.05) is 12.1 Å². The normalized spacial score (nSPS) is 21.3. The van der Waals surface area contributed by atoms with Crippen molar-refractivity contribution in [2.75, 3.05) is 53.0 Å². The summed E-state index contributed by atoms with van der Waals surface area (Å²) in [5, 5.41) is 3.22. The lowest BCUT2D eigenvalue weighted by Crippen LogP contribution is -2.49. The zero-order chi connectivity index (χ0) is 17.6. The Kier molecular flexibility index (Phi) is 6.39. The third-order valence-corrected chi connectivity index (χ3v) is 5.23. The average molecular weight is 349 g/mol. The predicted octanol–water partition coefficient (Wildman–Crippen LogP) is 1.66. The van der Waals surface area contributed by atoms with Crippen LogP contribution in [0.15, 0.2) is 24.3 Å². The van der Waals surface area contributed by atoms with Gasteiger partial charge in [-0.25, -0.2) is 4.39 Å². The first-order chi connectivity index (χ1) is 12.2. The molecule has 25 heavy (non-hydrogen) atoms. The minimum absolute atomic E-state index is 0.0930. The van der Waals surface area contributed by atoms with E-state index in [0.29, 0.717) is 32.2 Å². The molecular weight excluding hydrogens is 321 g/mol. The molecule has 0 spiro atoms. The minimum Gasteiger partial charge on any atom is -0.379 e. The molecule has 1 aromatic rings. The van der Waals surface area contributed by atoms with Gasteiger partial charge in [0, 0.05) is 26.2 Å². The van der Waals surface area contributed by atoms with Gasteiger partial charge in [-0.3, -0.25) is 9.69 Å². The number of amides is 1. The van der Waals surface area contributed by atoms with Crippen molar-refractivity contribution >= 4 is 5.91 Å². The summed E-state index contributed by atoms with van der Waals surface area (Å²) in [4.78, 5) is 17.4. The Balaban J connectivity index is 1.75. The second kappa shape index (κ2) is 8.74. The molecule has 138 valence electrons. The van der Waals surface area contributed by atoms with E-state index in [1.54, 1.807) is 6.07 Å². The predicted molar refractivity (Wildman–Crippen MR) is 94.8 cm³/mol. The number of carbonyl (C=O) groups is 1. The molecule has 5 nitrogen and oxygen atoms in total. The summed E-state index contributed by atoms with van der Waals surface area (Å²) in [7, 11) is 1.97. The van der Waals surface area contributed by atoms with Gasteiger partial charge in [-0.2, -0.15) is 0 Å². The van der Waals surface area contributed by atoms with Crippen molar-refractivity contribution in [1.29, 1.82) is 0 Å². The highest BCUT2D eigenvalue weighted by Crippen LogP contribution is 2.27. The molecule has 2 fully saturated rings. The Morgan fingerprint density at radius 2 is 2.00 bits per heavy atom. The number of ether oxygens (including phenoxy) is 1. The van der Waals surface area contributed by atoms with Gasteiger partial charge in [0.1, 0.15) is 11.9 Å². The van der Waals surface area contributed by atoms with E-state index in [2.05, 4.69) is 10.2 Å². The summed E-state index contributed by atoms with van der Waals surface area (Å²) >= 11 is 0. The van der Waals surface area contributed by atoms with Gasteiger partial charge in [-0.15, -0.1) is 0 Å². The van der Waals surface area contributed by atoms with Gasteiger partial charge < -0.3 is 15.0 Å². The van der Waals surface area contributed by atoms with Crippen molar-refractivity contribution in [2.24, 2.45) is 5.92 Å². The number of carbonyl (C=O) groups excluding carboxylic acids is 1. The summed E-state index contributed by atoms with van der Waals surface area (Å²) < 4.78 is 19.2. The summed E-state index contributed by atoms with van der Waals surface area (Å²) in [5.41, 5.74) is 0.740. The average Bonchev–Trinajstić information content (AvgIpc) is 2.64. The molecule has 2 aliphatic heterocycles. The fourth-order valence-corrected chi connectivity index (χ4v) is 3.84. The highest BCUT2D eigenvalue weighted by atomic mass is 19.1. The Hall–Kier alpha value is -1.50. The Bertz CT molecular complexity index is 570. The van der Waals surface area contributed by atoms with Crippen LogP contribution in [0.4, 0.5) is 4.39 Å². The third kappa shape index (κ3) is 4.57. The molecule has 1 unspecified atom stereocenters. The maximum Gasteiger partial charge on any atom is 0.244 e. The van der Waals surface area contributed by atoms with Crippen LogP contribution in [0.5, 0.6) is 0 Å². The molecule has 0 saturated carbocycles. The molecule has 0 aromatic heterocycles. The number of nitrogens with one attached hydrogen (secondary N) is 1. The minimum atomic E-state index is -0.416. The second-order valence-electron chi connectivity index (χ2n) is 6.93. The first kappa shape index (κ1) is 18.3. The molecule has 1 amide bonds. The van der Waals surface area contributed by atoms with Gasteiger partial charge in [-0.05, 0) is 50.0 Å². The monoisotopic (exact) mass is 349 g/mol. The maximum atomic E-state index is 13.8. The van der Waals surface area contributed by atoms with Crippen molar-refractivity contribution in [2.45, 2.75) is 18.9 Å². The van der Waals surface area contributed by atoms with E-state index in [4.69, 9.17) is 4.74 Å². The number of likely N-dealkylation sites (tertiary alicyclic amines) is 1. The molecule has 2 saturated heterocycles. The van der Waals surface area contributed by atoms with E-state index in [1.165, 1.54) is 12.1 Å². The quantitative estimate of drug-likeness (QED) is 0.878. The topological polar surface area (TPSA) is 44.8 Å². The number of piperidine rings is 1. The second-order valence-corrected chi connectivity index (χ2v) is 6.93. The maximum absolute atomic E-state index is 13.8. The van der Waals surface area contributed by atoms with E-state index in [0.717, 1.165) is 38.0 Å². The molecule has 2 aliphatic rings. The third-order valence-electron chi connectivity index (χ3n) is 5.23. The molecule has 6 heteroatoms. The number of morpholine rings is 1. The van der Waals surface area contributed by atoms with Gasteiger partial charge in [0.25, 0.3) is 0 Å². The SMILES string of the molecule is CNCC1CCN(C(=O)C(c2cccc(F)c2)N2CCOCC2)CC1. The summed E-state index contributed by atoms with van der Waals surface area (Å²) in [6, 6.07) is 6.04. The Morgan fingerprint density at radius 1 is 1.28 bits per heavy atom. The fraction of sp³-hybridized carbons (Fsp3) is 0.632. The van der Waals surface area contributed by atoms with Crippen LogP contribution in [0.2, 0.25) is 0 Å². The molecule has 0 bridgehead atoms. The lowest BCUT2D eigenvalue weighted by atomic mass is 9.95. The molecule has 1 N–H and O–H groups in total. The molecule has 1 aromatic carbocycles. The number of hydrogen-bond donors (Lipinski definition) is 1. The number of hydrogen-bond acceptors (Lipinski definition) is 4. The highest BCUT2D eigenvalue weighted by molar-refractivity contribution is 5.83. The van der Waals surface area contributed by atoms with Gasteiger partial charge in [0.15, 0.2) is 0 Å². The van der Waals surface area contributed by atoms with E-state index in [-0.39, 0.29) is 11.7 Å².